The van der Waals surface area contributed by atoms with E-state index in [-0.39, 0.29) is 6.42 Å². The van der Waals surface area contributed by atoms with Gasteiger partial charge in [-0.2, -0.15) is 0 Å². The molecule has 0 aliphatic heterocycles. The highest BCUT2D eigenvalue weighted by Crippen LogP contribution is 2.47. The highest BCUT2D eigenvalue weighted by molar-refractivity contribution is 7.91. The van der Waals surface area contributed by atoms with Crippen LogP contribution >= 0.6 is 0 Å². The van der Waals surface area contributed by atoms with Crippen molar-refractivity contribution in [2.45, 2.75) is 115 Å². The highest BCUT2D eigenvalue weighted by atomic mass is 32.2. The number of carbonyl (C=O) groups is 2. The maximum absolute atomic E-state index is 12.5. The number of unbranched alkanes of at least 4 members (excludes halogenated alkanes) is 8. The van der Waals surface area contributed by atoms with Crippen molar-refractivity contribution in [1.29, 1.82) is 0 Å². The molecule has 0 heterocycles. The first-order chi connectivity index (χ1) is 13.0. The molecule has 1 rings (SSSR count). The Balaban J connectivity index is 2.14. The van der Waals surface area contributed by atoms with Crippen LogP contribution in [0.5, 0.6) is 0 Å². The second-order valence-electron chi connectivity index (χ2n) is 8.87. The molecule has 8 heteroatoms. The lowest BCUT2D eigenvalue weighted by atomic mass is 10.0. The van der Waals surface area contributed by atoms with Gasteiger partial charge in [-0.15, -0.1) is 0 Å². The van der Waals surface area contributed by atoms with Crippen LogP contribution in [-0.4, -0.2) is 35.9 Å². The van der Waals surface area contributed by atoms with Crippen molar-refractivity contribution in [3.05, 3.63) is 0 Å². The summed E-state index contributed by atoms with van der Waals surface area (Å²) in [7, 11) is -3.70. The Morgan fingerprint density at radius 2 is 1.39 bits per heavy atom. The molecule has 0 bridgehead atoms. The van der Waals surface area contributed by atoms with Crippen molar-refractivity contribution >= 4 is 22.1 Å². The molecule has 1 fully saturated rings. The predicted molar refractivity (Wildman–Crippen MR) is 109 cm³/mol. The lowest BCUT2D eigenvalue weighted by Gasteiger charge is -2.22. The number of hydrogen-bond acceptors (Lipinski definition) is 5. The first kappa shape index (κ1) is 24.7. The summed E-state index contributed by atoms with van der Waals surface area (Å²) in [6.07, 6.45) is 10.2. The molecule has 1 aliphatic carbocycles. The average molecular weight is 420 g/mol. The van der Waals surface area contributed by atoms with E-state index < -0.39 is 32.4 Å². The Labute approximate surface area is 169 Å². The van der Waals surface area contributed by atoms with E-state index >= 15 is 0 Å². The number of sulfonamides is 1. The first-order valence-electron chi connectivity index (χ1n) is 10.4. The van der Waals surface area contributed by atoms with E-state index in [1.165, 1.54) is 0 Å². The van der Waals surface area contributed by atoms with Crippen LogP contribution in [0.25, 0.3) is 0 Å². The number of carboxylic acids is 1. The molecule has 0 unspecified atom stereocenters. The number of nitrogens with one attached hydrogen (secondary N) is 1. The number of carboxylic acid groups (broad SMARTS) is 1. The van der Waals surface area contributed by atoms with Crippen molar-refractivity contribution in [3.63, 3.8) is 0 Å². The lowest BCUT2D eigenvalue weighted by molar-refractivity contribution is -0.137. The van der Waals surface area contributed by atoms with E-state index in [0.717, 1.165) is 57.8 Å². The third-order valence-electron chi connectivity index (χ3n) is 5.02. The molecule has 1 saturated carbocycles. The quantitative estimate of drug-likeness (QED) is 0.393. The van der Waals surface area contributed by atoms with E-state index in [2.05, 4.69) is 4.72 Å². The van der Waals surface area contributed by atoms with Crippen molar-refractivity contribution in [3.8, 4) is 0 Å². The Morgan fingerprint density at radius 1 is 0.929 bits per heavy atom. The summed E-state index contributed by atoms with van der Waals surface area (Å²) in [5, 5.41) is 8.57. The number of aliphatic carboxylic acids is 1. The molecule has 1 amide bonds. The van der Waals surface area contributed by atoms with Gasteiger partial charge in [0.25, 0.3) is 0 Å². The molecule has 0 spiro atoms. The molecule has 0 aromatic carbocycles. The number of ether oxygens (including phenoxy) is 1. The summed E-state index contributed by atoms with van der Waals surface area (Å²) in [5.41, 5.74) is -0.730. The minimum atomic E-state index is -3.70. The van der Waals surface area contributed by atoms with Crippen molar-refractivity contribution in [2.75, 3.05) is 0 Å². The normalized spacial score (nSPS) is 15.8. The molecule has 0 aromatic rings. The van der Waals surface area contributed by atoms with Crippen molar-refractivity contribution in [1.82, 2.24) is 4.72 Å². The summed E-state index contributed by atoms with van der Waals surface area (Å²) in [6, 6.07) is 0. The maximum atomic E-state index is 12.5. The zero-order valence-corrected chi connectivity index (χ0v) is 18.4. The maximum Gasteiger partial charge on any atom is 0.421 e. The Hall–Kier alpha value is -1.31. The van der Waals surface area contributed by atoms with Gasteiger partial charge < -0.3 is 9.84 Å². The molecule has 0 radical (unpaired) electrons. The van der Waals surface area contributed by atoms with Gasteiger partial charge in [0.1, 0.15) is 5.60 Å². The van der Waals surface area contributed by atoms with Gasteiger partial charge in [-0.1, -0.05) is 51.4 Å². The summed E-state index contributed by atoms with van der Waals surface area (Å²) in [4.78, 5) is 22.2. The number of amides is 1. The Morgan fingerprint density at radius 3 is 1.82 bits per heavy atom. The van der Waals surface area contributed by atoms with Crippen LogP contribution in [0.15, 0.2) is 0 Å². The monoisotopic (exact) mass is 419 g/mol. The average Bonchev–Trinajstić information content (AvgIpc) is 3.31. The molecule has 2 N–H and O–H groups in total. The van der Waals surface area contributed by atoms with Crippen LogP contribution in [0.1, 0.15) is 104 Å². The SMILES string of the molecule is CC(C)(C)OC(=O)NS(=O)(=O)C1(CCCCCCCCCCCC(=O)O)CC1. The van der Waals surface area contributed by atoms with Crippen LogP contribution in [0.2, 0.25) is 0 Å². The zero-order valence-electron chi connectivity index (χ0n) is 17.6. The van der Waals surface area contributed by atoms with E-state index in [1.54, 1.807) is 20.8 Å². The molecule has 164 valence electrons. The minimum absolute atomic E-state index is 0.257. The fourth-order valence-electron chi connectivity index (χ4n) is 3.27. The van der Waals surface area contributed by atoms with Crippen LogP contribution in [0.3, 0.4) is 0 Å². The van der Waals surface area contributed by atoms with Crippen LogP contribution < -0.4 is 4.72 Å². The van der Waals surface area contributed by atoms with Gasteiger partial charge >= 0.3 is 12.1 Å². The molecule has 7 nitrogen and oxygen atoms in total. The standard InChI is InChI=1S/C20H37NO6S/c1-19(2,3)27-18(24)21-28(25,26)20(15-16-20)14-12-10-8-6-4-5-7-9-11-13-17(22)23/h4-16H2,1-3H3,(H,21,24)(H,22,23). The summed E-state index contributed by atoms with van der Waals surface area (Å²) >= 11 is 0. The zero-order chi connectivity index (χ0) is 21.3. The van der Waals surface area contributed by atoms with Gasteiger partial charge in [-0.05, 0) is 46.5 Å². The van der Waals surface area contributed by atoms with Gasteiger partial charge in [-0.3, -0.25) is 4.79 Å². The summed E-state index contributed by atoms with van der Waals surface area (Å²) in [5.74, 6) is -0.725. The molecule has 1 aliphatic rings. The second kappa shape index (κ2) is 11.0. The van der Waals surface area contributed by atoms with E-state index in [4.69, 9.17) is 9.84 Å². The van der Waals surface area contributed by atoms with E-state index in [0.29, 0.717) is 19.3 Å². The predicted octanol–water partition coefficient (Wildman–Crippen LogP) is 4.75. The van der Waals surface area contributed by atoms with Gasteiger partial charge in [0.05, 0.1) is 4.75 Å². The van der Waals surface area contributed by atoms with Gasteiger partial charge in [0.2, 0.25) is 10.0 Å². The topological polar surface area (TPSA) is 110 Å². The second-order valence-corrected chi connectivity index (χ2v) is 10.9. The third kappa shape index (κ3) is 9.75. The van der Waals surface area contributed by atoms with Crippen LogP contribution in [-0.2, 0) is 19.6 Å². The largest absolute Gasteiger partial charge is 0.481 e. The molecule has 0 aromatic heterocycles. The van der Waals surface area contributed by atoms with Gasteiger partial charge in [0.15, 0.2) is 0 Å². The van der Waals surface area contributed by atoms with Crippen LogP contribution in [0, 0.1) is 0 Å². The van der Waals surface area contributed by atoms with E-state index in [1.807, 2.05) is 0 Å². The summed E-state index contributed by atoms with van der Waals surface area (Å²) < 4.78 is 31.3. The minimum Gasteiger partial charge on any atom is -0.481 e. The van der Waals surface area contributed by atoms with Crippen molar-refractivity contribution in [2.24, 2.45) is 0 Å². The summed E-state index contributed by atoms with van der Waals surface area (Å²) in [6.45, 7) is 5.09. The molecular formula is C20H37NO6S. The van der Waals surface area contributed by atoms with Crippen molar-refractivity contribution < 1.29 is 27.9 Å². The first-order valence-corrected chi connectivity index (χ1v) is 11.9. The Bertz CT molecular complexity index is 605. The number of carbonyl (C=O) groups excluding carboxylic acids is 1. The van der Waals surface area contributed by atoms with E-state index in [9.17, 15) is 18.0 Å². The third-order valence-corrected chi connectivity index (χ3v) is 7.21. The smallest absolute Gasteiger partial charge is 0.421 e. The Kier molecular flexibility index (Phi) is 9.74. The molecular weight excluding hydrogens is 382 g/mol. The number of rotatable bonds is 14. The highest BCUT2D eigenvalue weighted by Gasteiger charge is 2.54. The molecule has 28 heavy (non-hydrogen) atoms. The van der Waals surface area contributed by atoms with Crippen LogP contribution in [0.4, 0.5) is 4.79 Å². The fourth-order valence-corrected chi connectivity index (χ4v) is 4.80. The van der Waals surface area contributed by atoms with Gasteiger partial charge in [0, 0.05) is 6.42 Å². The number of hydrogen-bond donors (Lipinski definition) is 2. The fraction of sp³-hybridized carbons (Fsp3) is 0.900. The molecule has 0 atom stereocenters. The molecule has 0 saturated heterocycles. The lowest BCUT2D eigenvalue weighted by Crippen LogP contribution is -2.42. The van der Waals surface area contributed by atoms with Gasteiger partial charge in [-0.25, -0.2) is 17.9 Å².